The van der Waals surface area contributed by atoms with Crippen LogP contribution in [0, 0.1) is 0 Å². The van der Waals surface area contributed by atoms with Crippen molar-refractivity contribution in [1.82, 2.24) is 5.16 Å². The van der Waals surface area contributed by atoms with E-state index in [2.05, 4.69) is 5.16 Å². The fourth-order valence-corrected chi connectivity index (χ4v) is 1.56. The Morgan fingerprint density at radius 2 is 2.57 bits per heavy atom. The number of ether oxygens (including phenoxy) is 1. The Morgan fingerprint density at radius 3 is 3.14 bits per heavy atom. The number of hydrogen-bond donors (Lipinski definition) is 1. The zero-order chi connectivity index (χ0) is 10.4. The average Bonchev–Trinajstić information content (AvgIpc) is 2.61. The number of methoxy groups -OCH3 is 1. The normalized spacial score (nSPS) is 10.4. The van der Waals surface area contributed by atoms with Gasteiger partial charge in [-0.2, -0.15) is 11.8 Å². The molecule has 1 N–H and O–H groups in total. The van der Waals surface area contributed by atoms with Gasteiger partial charge in [-0.1, -0.05) is 5.16 Å². The van der Waals surface area contributed by atoms with Gasteiger partial charge in [0.1, 0.15) is 5.76 Å². The first-order valence-electron chi connectivity index (χ1n) is 3.99. The Hall–Kier alpha value is -1.01. The lowest BCUT2D eigenvalue weighted by atomic mass is 10.4. The van der Waals surface area contributed by atoms with Gasteiger partial charge < -0.3 is 14.4 Å². The van der Waals surface area contributed by atoms with Crippen LogP contribution >= 0.6 is 11.8 Å². The minimum absolute atomic E-state index is 0.0488. The van der Waals surface area contributed by atoms with Gasteiger partial charge in [-0.15, -0.1) is 0 Å². The molecule has 1 aromatic rings. The van der Waals surface area contributed by atoms with Crippen molar-refractivity contribution in [3.63, 3.8) is 0 Å². The van der Waals surface area contributed by atoms with Crippen LogP contribution in [0.5, 0.6) is 0 Å². The number of aromatic nitrogens is 1. The van der Waals surface area contributed by atoms with Gasteiger partial charge in [0.2, 0.25) is 0 Å². The van der Waals surface area contributed by atoms with E-state index in [1.165, 1.54) is 6.07 Å². The predicted molar refractivity (Wildman–Crippen MR) is 51.5 cm³/mol. The molecular weight excluding hydrogens is 206 g/mol. The molecule has 0 bridgehead atoms. The molecule has 5 nitrogen and oxygen atoms in total. The molecule has 0 unspecified atom stereocenters. The van der Waals surface area contributed by atoms with Crippen molar-refractivity contribution < 1.29 is 19.2 Å². The number of rotatable bonds is 6. The largest absolute Gasteiger partial charge is 0.476 e. The highest BCUT2D eigenvalue weighted by molar-refractivity contribution is 7.98. The second-order valence-electron chi connectivity index (χ2n) is 2.53. The molecule has 0 aromatic carbocycles. The van der Waals surface area contributed by atoms with Crippen molar-refractivity contribution in [1.29, 1.82) is 0 Å². The van der Waals surface area contributed by atoms with E-state index in [1.54, 1.807) is 18.9 Å². The van der Waals surface area contributed by atoms with Crippen molar-refractivity contribution in [3.8, 4) is 0 Å². The maximum absolute atomic E-state index is 10.4. The summed E-state index contributed by atoms with van der Waals surface area (Å²) in [7, 11) is 1.64. The third-order valence-corrected chi connectivity index (χ3v) is 2.40. The Bertz CT molecular complexity index is 299. The van der Waals surface area contributed by atoms with Crippen molar-refractivity contribution in [2.75, 3.05) is 19.5 Å². The molecular formula is C8H11NO4S. The minimum atomic E-state index is -1.07. The van der Waals surface area contributed by atoms with Gasteiger partial charge in [-0.3, -0.25) is 0 Å². The van der Waals surface area contributed by atoms with E-state index in [4.69, 9.17) is 14.4 Å². The molecule has 0 saturated carbocycles. The van der Waals surface area contributed by atoms with E-state index in [0.29, 0.717) is 18.1 Å². The fourth-order valence-electron chi connectivity index (χ4n) is 0.797. The van der Waals surface area contributed by atoms with Crippen molar-refractivity contribution >= 4 is 17.7 Å². The first-order chi connectivity index (χ1) is 6.74. The number of carboxylic acid groups (broad SMARTS) is 1. The molecule has 1 rings (SSSR count). The highest BCUT2D eigenvalue weighted by atomic mass is 32.2. The summed E-state index contributed by atoms with van der Waals surface area (Å²) in [4.78, 5) is 10.4. The maximum atomic E-state index is 10.4. The minimum Gasteiger partial charge on any atom is -0.476 e. The first-order valence-corrected chi connectivity index (χ1v) is 5.15. The molecule has 1 heterocycles. The van der Waals surface area contributed by atoms with Crippen molar-refractivity contribution in [2.45, 2.75) is 5.75 Å². The zero-order valence-corrected chi connectivity index (χ0v) is 8.54. The van der Waals surface area contributed by atoms with Gasteiger partial charge in [0.25, 0.3) is 0 Å². The summed E-state index contributed by atoms with van der Waals surface area (Å²) in [6, 6.07) is 1.43. The van der Waals surface area contributed by atoms with Gasteiger partial charge in [-0.25, -0.2) is 4.79 Å². The molecule has 0 radical (unpaired) electrons. The lowest BCUT2D eigenvalue weighted by Crippen LogP contribution is -1.94. The molecule has 78 valence electrons. The van der Waals surface area contributed by atoms with Crippen LogP contribution in [0.15, 0.2) is 10.6 Å². The number of aromatic carboxylic acids is 1. The van der Waals surface area contributed by atoms with E-state index >= 15 is 0 Å². The second kappa shape index (κ2) is 5.66. The van der Waals surface area contributed by atoms with E-state index < -0.39 is 5.97 Å². The molecule has 0 aliphatic heterocycles. The van der Waals surface area contributed by atoms with Crippen LogP contribution in [0.2, 0.25) is 0 Å². The van der Waals surface area contributed by atoms with Crippen LogP contribution < -0.4 is 0 Å². The molecule has 14 heavy (non-hydrogen) atoms. The number of carboxylic acids is 1. The SMILES string of the molecule is COCCSCc1cc(C(=O)O)no1. The van der Waals surface area contributed by atoms with Crippen LogP contribution in [0.3, 0.4) is 0 Å². The Morgan fingerprint density at radius 1 is 1.79 bits per heavy atom. The van der Waals surface area contributed by atoms with Crippen molar-refractivity contribution in [3.05, 3.63) is 17.5 Å². The first kappa shape index (κ1) is 11.1. The van der Waals surface area contributed by atoms with Crippen molar-refractivity contribution in [2.24, 2.45) is 0 Å². The Labute approximate surface area is 85.4 Å². The summed E-state index contributed by atoms with van der Waals surface area (Å²) < 4.78 is 9.68. The molecule has 0 amide bonds. The Kier molecular flexibility index (Phi) is 4.48. The van der Waals surface area contributed by atoms with Crippen LogP contribution in [0.4, 0.5) is 0 Å². The van der Waals surface area contributed by atoms with Gasteiger partial charge >= 0.3 is 5.97 Å². The number of thioether (sulfide) groups is 1. The Balaban J connectivity index is 2.33. The lowest BCUT2D eigenvalue weighted by Gasteiger charge is -1.95. The maximum Gasteiger partial charge on any atom is 0.358 e. The van der Waals surface area contributed by atoms with E-state index in [0.717, 1.165) is 5.75 Å². The molecule has 1 aromatic heterocycles. The predicted octanol–water partition coefficient (Wildman–Crippen LogP) is 1.25. The van der Waals surface area contributed by atoms with Crippen LogP contribution in [0.1, 0.15) is 16.2 Å². The van der Waals surface area contributed by atoms with E-state index in [-0.39, 0.29) is 5.69 Å². The molecule has 6 heteroatoms. The van der Waals surface area contributed by atoms with Gasteiger partial charge in [0, 0.05) is 18.9 Å². The second-order valence-corrected chi connectivity index (χ2v) is 3.63. The quantitative estimate of drug-likeness (QED) is 0.723. The number of hydrogen-bond acceptors (Lipinski definition) is 5. The van der Waals surface area contributed by atoms with Crippen LogP contribution in [-0.4, -0.2) is 35.7 Å². The standard InChI is InChI=1S/C8H11NO4S/c1-12-2-3-14-5-6-4-7(8(10)11)9-13-6/h4H,2-3,5H2,1H3,(H,10,11). The molecule has 0 saturated heterocycles. The summed E-state index contributed by atoms with van der Waals surface area (Å²) in [5.74, 6) is 0.967. The monoisotopic (exact) mass is 217 g/mol. The third-order valence-electron chi connectivity index (χ3n) is 1.45. The van der Waals surface area contributed by atoms with E-state index in [1.807, 2.05) is 0 Å². The molecule has 0 aliphatic carbocycles. The third kappa shape index (κ3) is 3.39. The van der Waals surface area contributed by atoms with E-state index in [9.17, 15) is 4.79 Å². The number of carbonyl (C=O) groups is 1. The average molecular weight is 217 g/mol. The summed E-state index contributed by atoms with van der Waals surface area (Å²) in [5, 5.41) is 12.0. The highest BCUT2D eigenvalue weighted by Gasteiger charge is 2.09. The summed E-state index contributed by atoms with van der Waals surface area (Å²) in [5.41, 5.74) is -0.0488. The lowest BCUT2D eigenvalue weighted by molar-refractivity contribution is 0.0685. The topological polar surface area (TPSA) is 72.6 Å². The molecule has 0 spiro atoms. The molecule has 0 aliphatic rings. The van der Waals surface area contributed by atoms with Gasteiger partial charge in [-0.05, 0) is 0 Å². The van der Waals surface area contributed by atoms with Crippen LogP contribution in [0.25, 0.3) is 0 Å². The zero-order valence-electron chi connectivity index (χ0n) is 7.73. The summed E-state index contributed by atoms with van der Waals surface area (Å²) in [6.07, 6.45) is 0. The van der Waals surface area contributed by atoms with Crippen LogP contribution in [-0.2, 0) is 10.5 Å². The summed E-state index contributed by atoms with van der Waals surface area (Å²) in [6.45, 7) is 0.671. The van der Waals surface area contributed by atoms with Gasteiger partial charge in [0.15, 0.2) is 5.69 Å². The smallest absolute Gasteiger partial charge is 0.358 e. The number of nitrogens with zero attached hydrogens (tertiary/aromatic N) is 1. The highest BCUT2D eigenvalue weighted by Crippen LogP contribution is 2.12. The molecule has 0 fully saturated rings. The van der Waals surface area contributed by atoms with Gasteiger partial charge in [0.05, 0.1) is 12.4 Å². The molecule has 0 atom stereocenters. The summed E-state index contributed by atoms with van der Waals surface area (Å²) >= 11 is 1.60. The fraction of sp³-hybridized carbons (Fsp3) is 0.500.